The molecule has 4 nitrogen and oxygen atoms in total. The Morgan fingerprint density at radius 1 is 1.48 bits per heavy atom. The molecule has 114 valence electrons. The van der Waals surface area contributed by atoms with Crippen LogP contribution in [0.15, 0.2) is 29.1 Å². The molecular weight excluding hydrogens is 368 g/mol. The lowest BCUT2D eigenvalue weighted by Crippen LogP contribution is -2.09. The predicted octanol–water partition coefficient (Wildman–Crippen LogP) is 4.53. The lowest BCUT2D eigenvalue weighted by atomic mass is 10.3. The third-order valence-corrected chi connectivity index (χ3v) is 3.62. The number of hydrogen-bond acceptors (Lipinski definition) is 3. The second kappa shape index (κ2) is 7.09. The van der Waals surface area contributed by atoms with Gasteiger partial charge in [-0.15, -0.1) is 0 Å². The highest BCUT2D eigenvalue weighted by atomic mass is 79.9. The largest absolute Gasteiger partial charge is 0.431 e. The minimum absolute atomic E-state index is 0.0250. The monoisotopic (exact) mass is 379 g/mol. The van der Waals surface area contributed by atoms with Gasteiger partial charge in [0.15, 0.2) is 5.75 Å². The fourth-order valence-corrected chi connectivity index (χ4v) is 2.77. The van der Waals surface area contributed by atoms with E-state index in [1.54, 1.807) is 12.5 Å². The second-order valence-electron chi connectivity index (χ2n) is 4.17. The number of rotatable bonds is 6. The van der Waals surface area contributed by atoms with Crippen LogP contribution in [0.2, 0.25) is 5.02 Å². The van der Waals surface area contributed by atoms with Crippen LogP contribution >= 0.6 is 27.5 Å². The Balaban J connectivity index is 2.22. The molecule has 1 aromatic carbocycles. The maximum atomic E-state index is 12.5. The van der Waals surface area contributed by atoms with Crippen LogP contribution < -0.4 is 10.1 Å². The fourth-order valence-electron chi connectivity index (χ4n) is 1.87. The van der Waals surface area contributed by atoms with Gasteiger partial charge < -0.3 is 14.6 Å². The molecule has 0 radical (unpaired) electrons. The number of aromatic nitrogens is 2. The summed E-state index contributed by atoms with van der Waals surface area (Å²) < 4.78 is 31.8. The minimum Gasteiger partial charge on any atom is -0.431 e. The number of benzene rings is 1. The molecule has 0 bridgehead atoms. The van der Waals surface area contributed by atoms with Crippen molar-refractivity contribution < 1.29 is 13.5 Å². The van der Waals surface area contributed by atoms with E-state index in [0.717, 1.165) is 12.2 Å². The molecule has 0 fully saturated rings. The van der Waals surface area contributed by atoms with Crippen molar-refractivity contribution in [2.45, 2.75) is 26.6 Å². The van der Waals surface area contributed by atoms with E-state index >= 15 is 0 Å². The van der Waals surface area contributed by atoms with Gasteiger partial charge in [-0.3, -0.25) is 0 Å². The molecule has 0 saturated heterocycles. The standard InChI is InChI=1S/C13H13BrClF2N3O/c1-2-20-7-18-5-9(20)6-19-11-4-8(15)3-10(14)12(11)21-13(16)17/h3-5,7,13,19H,2,6H2,1H3. The Bertz CT molecular complexity index is 621. The normalized spacial score (nSPS) is 11.0. The highest BCUT2D eigenvalue weighted by molar-refractivity contribution is 9.10. The lowest BCUT2D eigenvalue weighted by Gasteiger charge is -2.15. The van der Waals surface area contributed by atoms with Crippen LogP contribution in [0.3, 0.4) is 0 Å². The van der Waals surface area contributed by atoms with Gasteiger partial charge in [-0.25, -0.2) is 4.98 Å². The first-order valence-electron chi connectivity index (χ1n) is 6.18. The average Bonchev–Trinajstić information content (AvgIpc) is 2.86. The summed E-state index contributed by atoms with van der Waals surface area (Å²) >= 11 is 9.12. The Kier molecular flexibility index (Phi) is 5.41. The number of aryl methyl sites for hydroxylation is 1. The summed E-state index contributed by atoms with van der Waals surface area (Å²) in [6.45, 7) is 0.271. The molecule has 2 aromatic rings. The molecule has 1 heterocycles. The van der Waals surface area contributed by atoms with Crippen LogP contribution in [-0.4, -0.2) is 16.2 Å². The van der Waals surface area contributed by atoms with Crippen LogP contribution in [0.4, 0.5) is 14.5 Å². The van der Waals surface area contributed by atoms with E-state index in [1.165, 1.54) is 12.1 Å². The summed E-state index contributed by atoms with van der Waals surface area (Å²) in [5.74, 6) is 0.0250. The van der Waals surface area contributed by atoms with Gasteiger partial charge in [0.2, 0.25) is 0 Å². The molecule has 0 unspecified atom stereocenters. The van der Waals surface area contributed by atoms with E-state index in [9.17, 15) is 8.78 Å². The molecule has 0 atom stereocenters. The van der Waals surface area contributed by atoms with E-state index in [2.05, 4.69) is 31.0 Å². The third kappa shape index (κ3) is 4.07. The summed E-state index contributed by atoms with van der Waals surface area (Å²) in [7, 11) is 0. The van der Waals surface area contributed by atoms with Crippen molar-refractivity contribution in [1.82, 2.24) is 9.55 Å². The Hall–Kier alpha value is -1.34. The van der Waals surface area contributed by atoms with Crippen LogP contribution in [-0.2, 0) is 13.1 Å². The number of anilines is 1. The Labute approximate surface area is 134 Å². The van der Waals surface area contributed by atoms with Gasteiger partial charge in [0.1, 0.15) is 0 Å². The van der Waals surface area contributed by atoms with E-state index in [4.69, 9.17) is 11.6 Å². The Morgan fingerprint density at radius 3 is 2.90 bits per heavy atom. The first-order valence-corrected chi connectivity index (χ1v) is 7.35. The zero-order chi connectivity index (χ0) is 15.4. The topological polar surface area (TPSA) is 39.1 Å². The van der Waals surface area contributed by atoms with Crippen molar-refractivity contribution in [3.05, 3.63) is 39.8 Å². The van der Waals surface area contributed by atoms with Gasteiger partial charge >= 0.3 is 6.61 Å². The molecule has 0 spiro atoms. The molecule has 1 N–H and O–H groups in total. The van der Waals surface area contributed by atoms with Gasteiger partial charge in [0.25, 0.3) is 0 Å². The third-order valence-electron chi connectivity index (χ3n) is 2.81. The number of alkyl halides is 2. The van der Waals surface area contributed by atoms with Gasteiger partial charge in [-0.05, 0) is 35.0 Å². The molecule has 8 heteroatoms. The number of nitrogens with one attached hydrogen (secondary N) is 1. The summed E-state index contributed by atoms with van der Waals surface area (Å²) in [6.07, 6.45) is 3.42. The molecular formula is C13H13BrClF2N3O. The molecule has 0 amide bonds. The predicted molar refractivity (Wildman–Crippen MR) is 81.0 cm³/mol. The van der Waals surface area contributed by atoms with Crippen molar-refractivity contribution in [3.8, 4) is 5.75 Å². The fraction of sp³-hybridized carbons (Fsp3) is 0.308. The summed E-state index contributed by atoms with van der Waals surface area (Å²) in [5.41, 5.74) is 1.31. The van der Waals surface area contributed by atoms with Crippen molar-refractivity contribution >= 4 is 33.2 Å². The maximum absolute atomic E-state index is 12.5. The quantitative estimate of drug-likeness (QED) is 0.800. The molecule has 0 aliphatic carbocycles. The van der Waals surface area contributed by atoms with E-state index in [1.807, 2.05) is 11.5 Å². The van der Waals surface area contributed by atoms with Crippen LogP contribution in [0.25, 0.3) is 0 Å². The molecule has 0 aliphatic heterocycles. The van der Waals surface area contributed by atoms with Gasteiger partial charge in [-0.2, -0.15) is 8.78 Å². The maximum Gasteiger partial charge on any atom is 0.387 e. The molecule has 0 saturated carbocycles. The zero-order valence-corrected chi connectivity index (χ0v) is 13.5. The van der Waals surface area contributed by atoms with Gasteiger partial charge in [0, 0.05) is 17.8 Å². The SMILES string of the molecule is CCn1cncc1CNc1cc(Cl)cc(Br)c1OC(F)F. The molecule has 2 rings (SSSR count). The summed E-state index contributed by atoms with van der Waals surface area (Å²) in [4.78, 5) is 4.05. The number of nitrogens with zero attached hydrogens (tertiary/aromatic N) is 2. The number of halogens is 4. The minimum atomic E-state index is -2.91. The van der Waals surface area contributed by atoms with Crippen molar-refractivity contribution in [1.29, 1.82) is 0 Å². The molecule has 1 aromatic heterocycles. The van der Waals surface area contributed by atoms with Crippen molar-refractivity contribution in [2.75, 3.05) is 5.32 Å². The zero-order valence-electron chi connectivity index (χ0n) is 11.1. The Morgan fingerprint density at radius 2 is 2.24 bits per heavy atom. The molecule has 21 heavy (non-hydrogen) atoms. The van der Waals surface area contributed by atoms with Crippen LogP contribution in [0, 0.1) is 0 Å². The van der Waals surface area contributed by atoms with Crippen LogP contribution in [0.5, 0.6) is 5.75 Å². The second-order valence-corrected chi connectivity index (χ2v) is 5.46. The van der Waals surface area contributed by atoms with Gasteiger partial charge in [-0.1, -0.05) is 11.6 Å². The van der Waals surface area contributed by atoms with E-state index < -0.39 is 6.61 Å². The van der Waals surface area contributed by atoms with Gasteiger partial charge in [0.05, 0.1) is 28.7 Å². The van der Waals surface area contributed by atoms with E-state index in [0.29, 0.717) is 21.7 Å². The van der Waals surface area contributed by atoms with Crippen molar-refractivity contribution in [3.63, 3.8) is 0 Å². The highest BCUT2D eigenvalue weighted by Gasteiger charge is 2.15. The number of imidazole rings is 1. The number of hydrogen-bond donors (Lipinski definition) is 1. The first kappa shape index (κ1) is 16.0. The number of ether oxygens (including phenoxy) is 1. The summed E-state index contributed by atoms with van der Waals surface area (Å²) in [5, 5.41) is 3.46. The molecule has 0 aliphatic rings. The van der Waals surface area contributed by atoms with Crippen LogP contribution in [0.1, 0.15) is 12.6 Å². The van der Waals surface area contributed by atoms with E-state index in [-0.39, 0.29) is 5.75 Å². The average molecular weight is 381 g/mol. The van der Waals surface area contributed by atoms with Crippen molar-refractivity contribution in [2.24, 2.45) is 0 Å². The first-order chi connectivity index (χ1) is 10.0. The smallest absolute Gasteiger partial charge is 0.387 e. The lowest BCUT2D eigenvalue weighted by molar-refractivity contribution is -0.0498. The highest BCUT2D eigenvalue weighted by Crippen LogP contribution is 2.37. The summed E-state index contributed by atoms with van der Waals surface area (Å²) in [6, 6.07) is 3.04.